The first kappa shape index (κ1) is 10.6. The first-order valence-electron chi connectivity index (χ1n) is 6.07. The van der Waals surface area contributed by atoms with Crippen LogP contribution in [0.25, 0.3) is 0 Å². The minimum absolute atomic E-state index is 0.157. The molecular formula is C14H16O3. The van der Waals surface area contributed by atoms with Crippen LogP contribution < -0.4 is 4.74 Å². The van der Waals surface area contributed by atoms with Crippen LogP contribution >= 0.6 is 0 Å². The molecule has 0 saturated heterocycles. The molecule has 1 aromatic carbocycles. The molecule has 1 atom stereocenters. The molecule has 2 aliphatic rings. The van der Waals surface area contributed by atoms with Crippen LogP contribution in [0.1, 0.15) is 42.7 Å². The summed E-state index contributed by atoms with van der Waals surface area (Å²) in [6.45, 7) is 0. The minimum Gasteiger partial charge on any atom is -0.497 e. The number of aliphatic carboxylic acids is 1. The summed E-state index contributed by atoms with van der Waals surface area (Å²) < 4.78 is 5.19. The summed E-state index contributed by atoms with van der Waals surface area (Å²) >= 11 is 0. The fraction of sp³-hybridized carbons (Fsp3) is 0.500. The Balaban J connectivity index is 2.10. The van der Waals surface area contributed by atoms with Crippen LogP contribution in [0, 0.1) is 0 Å². The Bertz CT molecular complexity index is 474. The van der Waals surface area contributed by atoms with Gasteiger partial charge in [0.2, 0.25) is 0 Å². The number of methoxy groups -OCH3 is 1. The van der Waals surface area contributed by atoms with Crippen LogP contribution in [0.3, 0.4) is 0 Å². The molecule has 3 heteroatoms. The number of rotatable bonds is 2. The second-order valence-electron chi connectivity index (χ2n) is 5.18. The molecular weight excluding hydrogens is 216 g/mol. The summed E-state index contributed by atoms with van der Waals surface area (Å²) in [5.74, 6) is -0.296. The van der Waals surface area contributed by atoms with Gasteiger partial charge in [-0.05, 0) is 47.9 Å². The lowest BCUT2D eigenvalue weighted by molar-refractivity contribution is -0.139. The predicted octanol–water partition coefficient (Wildman–Crippen LogP) is 2.69. The first-order chi connectivity index (χ1) is 8.16. The van der Waals surface area contributed by atoms with Gasteiger partial charge in [0.25, 0.3) is 0 Å². The predicted molar refractivity (Wildman–Crippen MR) is 63.5 cm³/mol. The van der Waals surface area contributed by atoms with Crippen LogP contribution in [-0.4, -0.2) is 18.2 Å². The summed E-state index contributed by atoms with van der Waals surface area (Å²) in [6.07, 6.45) is 4.26. The van der Waals surface area contributed by atoms with Gasteiger partial charge in [0, 0.05) is 0 Å². The van der Waals surface area contributed by atoms with E-state index in [0.29, 0.717) is 0 Å². The van der Waals surface area contributed by atoms with Crippen molar-refractivity contribution in [2.24, 2.45) is 0 Å². The second-order valence-corrected chi connectivity index (χ2v) is 5.18. The highest BCUT2D eigenvalue weighted by atomic mass is 16.5. The fourth-order valence-electron chi connectivity index (χ4n) is 3.35. The summed E-state index contributed by atoms with van der Waals surface area (Å²) in [5.41, 5.74) is 2.37. The molecule has 3 nitrogen and oxygen atoms in total. The zero-order valence-electron chi connectivity index (χ0n) is 9.90. The van der Waals surface area contributed by atoms with E-state index in [9.17, 15) is 9.90 Å². The lowest BCUT2D eigenvalue weighted by Gasteiger charge is -2.39. The van der Waals surface area contributed by atoms with Gasteiger partial charge in [0.05, 0.1) is 13.0 Å². The Kier molecular flexibility index (Phi) is 2.18. The Labute approximate surface area is 100 Å². The number of benzene rings is 1. The highest BCUT2D eigenvalue weighted by molar-refractivity contribution is 5.79. The molecule has 0 amide bonds. The normalized spacial score (nSPS) is 24.2. The average Bonchev–Trinajstić information content (AvgIpc) is 2.63. The molecule has 1 fully saturated rings. The van der Waals surface area contributed by atoms with E-state index < -0.39 is 5.97 Å². The van der Waals surface area contributed by atoms with E-state index >= 15 is 0 Å². The molecule has 0 radical (unpaired) electrons. The number of carboxylic acids is 1. The molecule has 1 spiro atoms. The van der Waals surface area contributed by atoms with Crippen molar-refractivity contribution in [3.8, 4) is 5.75 Å². The first-order valence-corrected chi connectivity index (χ1v) is 6.07. The third kappa shape index (κ3) is 1.38. The largest absolute Gasteiger partial charge is 0.497 e. The van der Waals surface area contributed by atoms with Crippen molar-refractivity contribution in [1.29, 1.82) is 0 Å². The van der Waals surface area contributed by atoms with Gasteiger partial charge in [0.15, 0.2) is 0 Å². The van der Waals surface area contributed by atoms with Crippen molar-refractivity contribution < 1.29 is 14.6 Å². The summed E-state index contributed by atoms with van der Waals surface area (Å²) in [6, 6.07) is 5.92. The quantitative estimate of drug-likeness (QED) is 0.852. The standard InChI is InChI=1S/C14H16O3/c1-17-9-3-4-12-10(7-9)11(13(15)16)8-14(12)5-2-6-14/h3-4,7,11H,2,5-6,8H2,1H3,(H,15,16). The highest BCUT2D eigenvalue weighted by Gasteiger charge is 2.49. The summed E-state index contributed by atoms with van der Waals surface area (Å²) in [5, 5.41) is 9.33. The van der Waals surface area contributed by atoms with Crippen molar-refractivity contribution in [3.05, 3.63) is 29.3 Å². The minimum atomic E-state index is -0.705. The van der Waals surface area contributed by atoms with Crippen LogP contribution in [0.15, 0.2) is 18.2 Å². The Morgan fingerprint density at radius 1 is 1.47 bits per heavy atom. The van der Waals surface area contributed by atoms with Crippen LogP contribution in [-0.2, 0) is 10.2 Å². The molecule has 3 rings (SSSR count). The number of carboxylic acid groups (broad SMARTS) is 1. The third-order valence-electron chi connectivity index (χ3n) is 4.41. The van der Waals surface area contributed by atoms with E-state index in [-0.39, 0.29) is 11.3 Å². The molecule has 90 valence electrons. The zero-order chi connectivity index (χ0) is 12.0. The van der Waals surface area contributed by atoms with Crippen molar-refractivity contribution in [2.45, 2.75) is 37.0 Å². The number of fused-ring (bicyclic) bond motifs is 2. The van der Waals surface area contributed by atoms with E-state index in [4.69, 9.17) is 4.74 Å². The lowest BCUT2D eigenvalue weighted by atomic mass is 9.65. The van der Waals surface area contributed by atoms with Crippen molar-refractivity contribution in [2.75, 3.05) is 7.11 Å². The Hall–Kier alpha value is -1.51. The van der Waals surface area contributed by atoms with Gasteiger partial charge in [-0.2, -0.15) is 0 Å². The molecule has 1 saturated carbocycles. The number of hydrogen-bond donors (Lipinski definition) is 1. The van der Waals surface area contributed by atoms with Gasteiger partial charge in [-0.3, -0.25) is 4.79 Å². The molecule has 0 bridgehead atoms. The van der Waals surface area contributed by atoms with Gasteiger partial charge in [-0.15, -0.1) is 0 Å². The molecule has 17 heavy (non-hydrogen) atoms. The van der Waals surface area contributed by atoms with E-state index in [2.05, 4.69) is 6.07 Å². The maximum Gasteiger partial charge on any atom is 0.311 e. The van der Waals surface area contributed by atoms with Crippen molar-refractivity contribution in [3.63, 3.8) is 0 Å². The molecule has 1 aromatic rings. The van der Waals surface area contributed by atoms with Crippen molar-refractivity contribution >= 4 is 5.97 Å². The van der Waals surface area contributed by atoms with E-state index in [0.717, 1.165) is 30.6 Å². The monoisotopic (exact) mass is 232 g/mol. The molecule has 1 unspecified atom stereocenters. The maximum absolute atomic E-state index is 11.4. The molecule has 0 heterocycles. The van der Waals surface area contributed by atoms with Gasteiger partial charge < -0.3 is 9.84 Å². The van der Waals surface area contributed by atoms with Gasteiger partial charge >= 0.3 is 5.97 Å². The smallest absolute Gasteiger partial charge is 0.311 e. The molecule has 0 aromatic heterocycles. The number of ether oxygens (including phenoxy) is 1. The fourth-order valence-corrected chi connectivity index (χ4v) is 3.35. The van der Waals surface area contributed by atoms with E-state index in [1.165, 1.54) is 12.0 Å². The van der Waals surface area contributed by atoms with Gasteiger partial charge in [-0.1, -0.05) is 12.5 Å². The Morgan fingerprint density at radius 3 is 2.76 bits per heavy atom. The van der Waals surface area contributed by atoms with Crippen LogP contribution in [0.4, 0.5) is 0 Å². The highest BCUT2D eigenvalue weighted by Crippen LogP contribution is 2.57. The van der Waals surface area contributed by atoms with E-state index in [1.54, 1.807) is 7.11 Å². The lowest BCUT2D eigenvalue weighted by Crippen LogP contribution is -2.32. The van der Waals surface area contributed by atoms with Crippen molar-refractivity contribution in [1.82, 2.24) is 0 Å². The summed E-state index contributed by atoms with van der Waals surface area (Å²) in [7, 11) is 1.62. The Morgan fingerprint density at radius 2 is 2.24 bits per heavy atom. The number of carbonyl (C=O) groups is 1. The van der Waals surface area contributed by atoms with Crippen LogP contribution in [0.5, 0.6) is 5.75 Å². The van der Waals surface area contributed by atoms with E-state index in [1.807, 2.05) is 12.1 Å². The summed E-state index contributed by atoms with van der Waals surface area (Å²) in [4.78, 5) is 11.4. The van der Waals surface area contributed by atoms with Gasteiger partial charge in [-0.25, -0.2) is 0 Å². The SMILES string of the molecule is COc1ccc2c(c1)C(C(=O)O)CC21CCC1. The van der Waals surface area contributed by atoms with Crippen LogP contribution in [0.2, 0.25) is 0 Å². The zero-order valence-corrected chi connectivity index (χ0v) is 9.90. The average molecular weight is 232 g/mol. The molecule has 1 N–H and O–H groups in total. The molecule has 0 aliphatic heterocycles. The van der Waals surface area contributed by atoms with Gasteiger partial charge in [0.1, 0.15) is 5.75 Å². The number of hydrogen-bond acceptors (Lipinski definition) is 2. The topological polar surface area (TPSA) is 46.5 Å². The molecule has 2 aliphatic carbocycles. The second kappa shape index (κ2) is 3.49. The third-order valence-corrected chi connectivity index (χ3v) is 4.41. The maximum atomic E-state index is 11.4.